The van der Waals surface area contributed by atoms with Crippen LogP contribution in [0.2, 0.25) is 0 Å². The Bertz CT molecular complexity index is 339. The van der Waals surface area contributed by atoms with Crippen LogP contribution in [0.15, 0.2) is 24.3 Å². The molecule has 15 heavy (non-hydrogen) atoms. The summed E-state index contributed by atoms with van der Waals surface area (Å²) in [4.78, 5) is 2.52. The van der Waals surface area contributed by atoms with E-state index in [0.29, 0.717) is 0 Å². The predicted molar refractivity (Wildman–Crippen MR) is 63.5 cm³/mol. The molecule has 0 radical (unpaired) electrons. The summed E-state index contributed by atoms with van der Waals surface area (Å²) in [6.07, 6.45) is 9.42. The van der Waals surface area contributed by atoms with E-state index in [4.69, 9.17) is 6.42 Å². The van der Waals surface area contributed by atoms with Crippen LogP contribution >= 0.6 is 0 Å². The fraction of sp³-hybridized carbons (Fsp3) is 0.429. The molecule has 0 saturated carbocycles. The van der Waals surface area contributed by atoms with E-state index in [1.165, 1.54) is 37.9 Å². The molecule has 1 heterocycles. The second-order valence-electron chi connectivity index (χ2n) is 4.18. The van der Waals surface area contributed by atoms with Crippen molar-refractivity contribution in [2.45, 2.75) is 25.8 Å². The normalized spacial score (nSPS) is 17.3. The molecular formula is C14H17N. The minimum Gasteiger partial charge on any atom is -0.299 e. The van der Waals surface area contributed by atoms with Gasteiger partial charge in [-0.2, -0.15) is 0 Å². The van der Waals surface area contributed by atoms with Crippen LogP contribution in [0.25, 0.3) is 0 Å². The van der Waals surface area contributed by atoms with E-state index >= 15 is 0 Å². The highest BCUT2D eigenvalue weighted by molar-refractivity contribution is 5.34. The van der Waals surface area contributed by atoms with Crippen LogP contribution in [0.4, 0.5) is 0 Å². The maximum atomic E-state index is 5.32. The lowest BCUT2D eigenvalue weighted by Gasteiger charge is -2.26. The number of nitrogens with zero attached hydrogens (tertiary/aromatic N) is 1. The van der Waals surface area contributed by atoms with E-state index < -0.39 is 0 Å². The van der Waals surface area contributed by atoms with Crippen molar-refractivity contribution < 1.29 is 0 Å². The van der Waals surface area contributed by atoms with Gasteiger partial charge in [-0.1, -0.05) is 24.5 Å². The van der Waals surface area contributed by atoms with Gasteiger partial charge in [-0.05, 0) is 43.6 Å². The largest absolute Gasteiger partial charge is 0.299 e. The Morgan fingerprint density at radius 1 is 1.07 bits per heavy atom. The lowest BCUT2D eigenvalue weighted by molar-refractivity contribution is 0.221. The summed E-state index contributed by atoms with van der Waals surface area (Å²) in [5.41, 5.74) is 2.34. The number of hydrogen-bond donors (Lipinski definition) is 0. The molecule has 1 heteroatoms. The Hall–Kier alpha value is -1.26. The predicted octanol–water partition coefficient (Wildman–Crippen LogP) is 2.65. The highest BCUT2D eigenvalue weighted by Crippen LogP contribution is 2.13. The second-order valence-corrected chi connectivity index (χ2v) is 4.18. The molecule has 0 aromatic heterocycles. The van der Waals surface area contributed by atoms with Gasteiger partial charge >= 0.3 is 0 Å². The highest BCUT2D eigenvalue weighted by atomic mass is 15.1. The minimum atomic E-state index is 0.970. The van der Waals surface area contributed by atoms with Gasteiger partial charge in [0.05, 0.1) is 0 Å². The average molecular weight is 199 g/mol. The fourth-order valence-electron chi connectivity index (χ4n) is 2.08. The third-order valence-corrected chi connectivity index (χ3v) is 2.98. The standard InChI is InChI=1S/C14H17N/c1-2-13-6-8-14(9-7-13)12-15-10-4-3-5-11-15/h1,6-9H,3-5,10-12H2. The summed E-state index contributed by atoms with van der Waals surface area (Å²) in [5, 5.41) is 0. The quantitative estimate of drug-likeness (QED) is 0.662. The highest BCUT2D eigenvalue weighted by Gasteiger charge is 2.09. The monoisotopic (exact) mass is 199 g/mol. The van der Waals surface area contributed by atoms with Crippen LogP contribution in [-0.2, 0) is 6.54 Å². The molecule has 2 rings (SSSR count). The third kappa shape index (κ3) is 2.84. The summed E-state index contributed by atoms with van der Waals surface area (Å²) in [6.45, 7) is 3.57. The Morgan fingerprint density at radius 3 is 2.33 bits per heavy atom. The Kier molecular flexibility index (Phi) is 3.42. The zero-order chi connectivity index (χ0) is 10.5. The van der Waals surface area contributed by atoms with Gasteiger partial charge in [0.1, 0.15) is 0 Å². The van der Waals surface area contributed by atoms with E-state index in [1.54, 1.807) is 0 Å². The Balaban J connectivity index is 1.95. The molecule has 0 atom stereocenters. The van der Waals surface area contributed by atoms with Crippen molar-refractivity contribution in [2.24, 2.45) is 0 Å². The lowest BCUT2D eigenvalue weighted by Crippen LogP contribution is -2.29. The number of likely N-dealkylation sites (tertiary alicyclic amines) is 1. The van der Waals surface area contributed by atoms with Crippen molar-refractivity contribution >= 4 is 0 Å². The fourth-order valence-corrected chi connectivity index (χ4v) is 2.08. The van der Waals surface area contributed by atoms with Crippen molar-refractivity contribution in [1.29, 1.82) is 0 Å². The van der Waals surface area contributed by atoms with Crippen LogP contribution in [0.3, 0.4) is 0 Å². The number of piperidine rings is 1. The van der Waals surface area contributed by atoms with Crippen molar-refractivity contribution in [2.75, 3.05) is 13.1 Å². The van der Waals surface area contributed by atoms with Gasteiger partial charge in [0.15, 0.2) is 0 Å². The first kappa shape index (κ1) is 10.3. The molecule has 0 unspecified atom stereocenters. The van der Waals surface area contributed by atoms with Gasteiger partial charge in [-0.3, -0.25) is 4.90 Å². The number of rotatable bonds is 2. The van der Waals surface area contributed by atoms with Crippen LogP contribution in [-0.4, -0.2) is 18.0 Å². The topological polar surface area (TPSA) is 3.24 Å². The SMILES string of the molecule is C#Cc1ccc(CN2CCCCC2)cc1. The molecule has 1 aliphatic heterocycles. The molecule has 1 aromatic carbocycles. The zero-order valence-corrected chi connectivity index (χ0v) is 9.08. The second kappa shape index (κ2) is 5.00. The zero-order valence-electron chi connectivity index (χ0n) is 9.08. The average Bonchev–Trinajstić information content (AvgIpc) is 2.31. The molecule has 1 fully saturated rings. The molecule has 0 aliphatic carbocycles. The molecule has 78 valence electrons. The smallest absolute Gasteiger partial charge is 0.0242 e. The lowest BCUT2D eigenvalue weighted by atomic mass is 10.1. The first-order valence-corrected chi connectivity index (χ1v) is 5.66. The molecule has 0 bridgehead atoms. The van der Waals surface area contributed by atoms with E-state index in [2.05, 4.69) is 23.0 Å². The van der Waals surface area contributed by atoms with Crippen LogP contribution < -0.4 is 0 Å². The Labute approximate surface area is 92.1 Å². The first-order valence-electron chi connectivity index (χ1n) is 5.66. The van der Waals surface area contributed by atoms with E-state index in [9.17, 15) is 0 Å². The number of hydrogen-bond acceptors (Lipinski definition) is 1. The van der Waals surface area contributed by atoms with E-state index in [1.807, 2.05) is 12.1 Å². The van der Waals surface area contributed by atoms with Gasteiger partial charge in [-0.25, -0.2) is 0 Å². The van der Waals surface area contributed by atoms with Crippen LogP contribution in [0.5, 0.6) is 0 Å². The number of terminal acetylenes is 1. The van der Waals surface area contributed by atoms with Crippen molar-refractivity contribution in [1.82, 2.24) is 4.90 Å². The van der Waals surface area contributed by atoms with Crippen molar-refractivity contribution in [3.63, 3.8) is 0 Å². The summed E-state index contributed by atoms with van der Waals surface area (Å²) >= 11 is 0. The molecule has 1 nitrogen and oxygen atoms in total. The Morgan fingerprint density at radius 2 is 1.73 bits per heavy atom. The summed E-state index contributed by atoms with van der Waals surface area (Å²) < 4.78 is 0. The molecule has 1 saturated heterocycles. The van der Waals surface area contributed by atoms with E-state index in [0.717, 1.165) is 12.1 Å². The minimum absolute atomic E-state index is 0.970. The van der Waals surface area contributed by atoms with Gasteiger partial charge < -0.3 is 0 Å². The number of benzene rings is 1. The van der Waals surface area contributed by atoms with Crippen molar-refractivity contribution in [3.05, 3.63) is 35.4 Å². The van der Waals surface area contributed by atoms with E-state index in [-0.39, 0.29) is 0 Å². The van der Waals surface area contributed by atoms with Crippen LogP contribution in [0.1, 0.15) is 30.4 Å². The molecular weight excluding hydrogens is 182 g/mol. The molecule has 1 aliphatic rings. The van der Waals surface area contributed by atoms with Gasteiger partial charge in [0.2, 0.25) is 0 Å². The van der Waals surface area contributed by atoms with Gasteiger partial charge in [0.25, 0.3) is 0 Å². The molecule has 1 aromatic rings. The molecule has 0 N–H and O–H groups in total. The van der Waals surface area contributed by atoms with Crippen molar-refractivity contribution in [3.8, 4) is 12.3 Å². The van der Waals surface area contributed by atoms with Gasteiger partial charge in [-0.15, -0.1) is 6.42 Å². The summed E-state index contributed by atoms with van der Waals surface area (Å²) in [6, 6.07) is 8.34. The van der Waals surface area contributed by atoms with Crippen LogP contribution in [0, 0.1) is 12.3 Å². The first-order chi connectivity index (χ1) is 7.38. The summed E-state index contributed by atoms with van der Waals surface area (Å²) in [5.74, 6) is 2.64. The maximum absolute atomic E-state index is 5.32. The molecule has 0 amide bonds. The maximum Gasteiger partial charge on any atom is 0.0242 e. The summed E-state index contributed by atoms with van der Waals surface area (Å²) in [7, 11) is 0. The molecule has 0 spiro atoms. The third-order valence-electron chi connectivity index (χ3n) is 2.98. The van der Waals surface area contributed by atoms with Gasteiger partial charge in [0, 0.05) is 12.1 Å².